The molecule has 0 unspecified atom stereocenters. The molecule has 0 fully saturated rings. The van der Waals surface area contributed by atoms with Gasteiger partial charge in [-0.3, -0.25) is 5.21 Å². The molecule has 0 aromatic heterocycles. The Labute approximate surface area is 69.5 Å². The van der Waals surface area contributed by atoms with Crippen LogP contribution in [0.15, 0.2) is 18.2 Å². The van der Waals surface area contributed by atoms with E-state index in [4.69, 9.17) is 15.2 Å². The third kappa shape index (κ3) is 1.06. The number of nitrogens with zero attached hydrogens (tertiary/aromatic N) is 1. The molecule has 1 aliphatic heterocycles. The lowest BCUT2D eigenvalue weighted by Gasteiger charge is -2.06. The van der Waals surface area contributed by atoms with Crippen LogP contribution >= 0.6 is 0 Å². The van der Waals surface area contributed by atoms with Crippen molar-refractivity contribution >= 4 is 5.69 Å². The highest BCUT2D eigenvalue weighted by Gasteiger charge is 2.18. The molecule has 12 heavy (non-hydrogen) atoms. The van der Waals surface area contributed by atoms with Gasteiger partial charge in [-0.2, -0.15) is 0 Å². The quantitative estimate of drug-likeness (QED) is 0.650. The Kier molecular flexibility index (Phi) is 1.73. The van der Waals surface area contributed by atoms with Crippen LogP contribution in [0.5, 0.6) is 0 Å². The highest BCUT2D eigenvalue weighted by Crippen LogP contribution is 2.27. The van der Waals surface area contributed by atoms with Crippen LogP contribution in [-0.2, 0) is 18.1 Å². The standard InChI is InChI=1S/C8H9NO3/c10-4-6-1-2-8-7(3-6)5-12-9(8)11/h1-3,10-11H,4-5H2. The second kappa shape index (κ2) is 2.75. The van der Waals surface area contributed by atoms with E-state index in [9.17, 15) is 0 Å². The molecule has 2 N–H and O–H groups in total. The van der Waals surface area contributed by atoms with Crippen LogP contribution in [0.25, 0.3) is 0 Å². The summed E-state index contributed by atoms with van der Waals surface area (Å²) in [6.07, 6.45) is 0. The monoisotopic (exact) mass is 167 g/mol. The zero-order chi connectivity index (χ0) is 8.55. The van der Waals surface area contributed by atoms with Gasteiger partial charge >= 0.3 is 0 Å². The second-order valence-corrected chi connectivity index (χ2v) is 2.67. The summed E-state index contributed by atoms with van der Waals surface area (Å²) in [7, 11) is 0. The molecule has 0 aliphatic carbocycles. The van der Waals surface area contributed by atoms with E-state index < -0.39 is 0 Å². The van der Waals surface area contributed by atoms with E-state index in [1.807, 2.05) is 6.07 Å². The number of benzene rings is 1. The average molecular weight is 167 g/mol. The van der Waals surface area contributed by atoms with Gasteiger partial charge in [-0.05, 0) is 17.7 Å². The predicted molar refractivity (Wildman–Crippen MR) is 41.4 cm³/mol. The molecule has 0 atom stereocenters. The van der Waals surface area contributed by atoms with Gasteiger partial charge in [0.2, 0.25) is 0 Å². The normalized spacial score (nSPS) is 15.0. The van der Waals surface area contributed by atoms with Crippen LogP contribution in [0.1, 0.15) is 11.1 Å². The molecule has 4 nitrogen and oxygen atoms in total. The minimum absolute atomic E-state index is 0.0126. The fraction of sp³-hybridized carbons (Fsp3) is 0.250. The number of hydrogen-bond acceptors (Lipinski definition) is 4. The van der Waals surface area contributed by atoms with Gasteiger partial charge in [-0.1, -0.05) is 6.07 Å². The summed E-state index contributed by atoms with van der Waals surface area (Å²) in [6, 6.07) is 5.27. The fourth-order valence-electron chi connectivity index (χ4n) is 1.24. The lowest BCUT2D eigenvalue weighted by atomic mass is 10.1. The molecule has 0 radical (unpaired) electrons. The van der Waals surface area contributed by atoms with E-state index in [2.05, 4.69) is 0 Å². The van der Waals surface area contributed by atoms with Crippen molar-refractivity contribution in [2.24, 2.45) is 0 Å². The Morgan fingerprint density at radius 3 is 3.08 bits per heavy atom. The van der Waals surface area contributed by atoms with Gasteiger partial charge in [-0.25, -0.2) is 4.84 Å². The van der Waals surface area contributed by atoms with Crippen molar-refractivity contribution in [2.75, 3.05) is 5.23 Å². The molecule has 0 saturated carbocycles. The summed E-state index contributed by atoms with van der Waals surface area (Å²) in [5, 5.41) is 18.7. The molecular weight excluding hydrogens is 158 g/mol. The van der Waals surface area contributed by atoms with Crippen LogP contribution in [0, 0.1) is 0 Å². The number of hydrogen-bond donors (Lipinski definition) is 2. The van der Waals surface area contributed by atoms with Crippen molar-refractivity contribution in [3.63, 3.8) is 0 Å². The molecular formula is C8H9NO3. The van der Waals surface area contributed by atoms with Crippen LogP contribution in [-0.4, -0.2) is 10.3 Å². The zero-order valence-corrected chi connectivity index (χ0v) is 6.40. The van der Waals surface area contributed by atoms with Crippen molar-refractivity contribution in [1.29, 1.82) is 0 Å². The number of rotatable bonds is 1. The highest BCUT2D eigenvalue weighted by molar-refractivity contribution is 5.53. The first-order valence-corrected chi connectivity index (χ1v) is 3.66. The van der Waals surface area contributed by atoms with Crippen LogP contribution in [0.4, 0.5) is 5.69 Å². The zero-order valence-electron chi connectivity index (χ0n) is 6.40. The SMILES string of the molecule is OCc1ccc2c(c1)CON2O. The fourth-order valence-corrected chi connectivity index (χ4v) is 1.24. The number of aliphatic hydroxyl groups excluding tert-OH is 1. The molecule has 1 heterocycles. The van der Waals surface area contributed by atoms with Gasteiger partial charge in [0.15, 0.2) is 0 Å². The van der Waals surface area contributed by atoms with Crippen molar-refractivity contribution in [1.82, 2.24) is 0 Å². The van der Waals surface area contributed by atoms with Crippen molar-refractivity contribution in [2.45, 2.75) is 13.2 Å². The maximum Gasteiger partial charge on any atom is 0.105 e. The summed E-state index contributed by atoms with van der Waals surface area (Å²) < 4.78 is 0. The third-order valence-electron chi connectivity index (χ3n) is 1.87. The van der Waals surface area contributed by atoms with Gasteiger partial charge in [0.25, 0.3) is 0 Å². The maximum absolute atomic E-state index is 9.09. The van der Waals surface area contributed by atoms with Gasteiger partial charge in [0, 0.05) is 5.56 Å². The van der Waals surface area contributed by atoms with Gasteiger partial charge in [0.1, 0.15) is 12.3 Å². The van der Waals surface area contributed by atoms with Crippen molar-refractivity contribution < 1.29 is 15.2 Å². The lowest BCUT2D eigenvalue weighted by molar-refractivity contribution is -0.0329. The van der Waals surface area contributed by atoms with E-state index in [0.717, 1.165) is 16.4 Å². The number of fused-ring (bicyclic) bond motifs is 1. The Morgan fingerprint density at radius 2 is 2.33 bits per heavy atom. The Balaban J connectivity index is 2.41. The van der Waals surface area contributed by atoms with Gasteiger partial charge in [0.05, 0.1) is 6.61 Å². The van der Waals surface area contributed by atoms with E-state index in [-0.39, 0.29) is 6.61 Å². The van der Waals surface area contributed by atoms with E-state index in [1.165, 1.54) is 0 Å². The minimum atomic E-state index is 0.0126. The Bertz CT molecular complexity index is 300. The first-order valence-electron chi connectivity index (χ1n) is 3.66. The number of aliphatic hydroxyl groups is 1. The molecule has 2 rings (SSSR count). The second-order valence-electron chi connectivity index (χ2n) is 2.67. The molecule has 0 bridgehead atoms. The first-order chi connectivity index (χ1) is 5.81. The smallest absolute Gasteiger partial charge is 0.105 e. The molecule has 64 valence electrons. The van der Waals surface area contributed by atoms with Gasteiger partial charge < -0.3 is 5.11 Å². The van der Waals surface area contributed by atoms with Crippen molar-refractivity contribution in [3.05, 3.63) is 29.3 Å². The Morgan fingerprint density at radius 1 is 1.50 bits per heavy atom. The summed E-state index contributed by atoms with van der Waals surface area (Å²) in [5.74, 6) is 0. The van der Waals surface area contributed by atoms with E-state index >= 15 is 0 Å². The Hall–Kier alpha value is -1.10. The van der Waals surface area contributed by atoms with Crippen LogP contribution in [0.2, 0.25) is 0 Å². The minimum Gasteiger partial charge on any atom is -0.392 e. The summed E-state index contributed by atoms with van der Waals surface area (Å²) in [5.41, 5.74) is 2.36. The molecule has 0 saturated heterocycles. The summed E-state index contributed by atoms with van der Waals surface area (Å²) in [4.78, 5) is 4.83. The molecule has 0 spiro atoms. The molecule has 1 aromatic rings. The predicted octanol–water partition coefficient (Wildman–Crippen LogP) is 0.820. The highest BCUT2D eigenvalue weighted by atomic mass is 16.9. The van der Waals surface area contributed by atoms with E-state index in [0.29, 0.717) is 12.3 Å². The largest absolute Gasteiger partial charge is 0.392 e. The summed E-state index contributed by atoms with van der Waals surface area (Å²) >= 11 is 0. The summed E-state index contributed by atoms with van der Waals surface area (Å²) in [6.45, 7) is 0.373. The van der Waals surface area contributed by atoms with Crippen LogP contribution in [0.3, 0.4) is 0 Å². The first kappa shape index (κ1) is 7.54. The third-order valence-corrected chi connectivity index (χ3v) is 1.87. The van der Waals surface area contributed by atoms with Gasteiger partial charge in [-0.15, -0.1) is 5.23 Å². The van der Waals surface area contributed by atoms with E-state index in [1.54, 1.807) is 12.1 Å². The molecule has 0 amide bonds. The van der Waals surface area contributed by atoms with Crippen molar-refractivity contribution in [3.8, 4) is 0 Å². The lowest BCUT2D eigenvalue weighted by Crippen LogP contribution is -2.10. The maximum atomic E-state index is 9.09. The molecule has 1 aliphatic rings. The topological polar surface area (TPSA) is 52.9 Å². The average Bonchev–Trinajstić information content (AvgIpc) is 2.47. The van der Waals surface area contributed by atoms with Crippen LogP contribution < -0.4 is 5.23 Å². The molecule has 1 aromatic carbocycles. The number of anilines is 1. The molecule has 4 heteroatoms.